The fraction of sp³-hybridized carbons (Fsp3) is 0.316. The minimum absolute atomic E-state index is 0.0418. The number of aromatic hydroxyl groups is 1. The summed E-state index contributed by atoms with van der Waals surface area (Å²) >= 11 is 0. The van der Waals surface area contributed by atoms with Crippen molar-refractivity contribution in [3.8, 4) is 23.1 Å². The van der Waals surface area contributed by atoms with Crippen LogP contribution in [0.4, 0.5) is 5.82 Å². The largest absolute Gasteiger partial charge is 0.507 e. The Morgan fingerprint density at radius 1 is 1.15 bits per heavy atom. The Balaban J connectivity index is 1.66. The second-order valence-electron chi connectivity index (χ2n) is 6.63. The summed E-state index contributed by atoms with van der Waals surface area (Å²) in [7, 11) is 0. The van der Waals surface area contributed by atoms with Crippen molar-refractivity contribution in [2.75, 3.05) is 5.32 Å². The van der Waals surface area contributed by atoms with Crippen LogP contribution in [0.2, 0.25) is 0 Å². The van der Waals surface area contributed by atoms with Crippen LogP contribution >= 0.6 is 0 Å². The fourth-order valence-corrected chi connectivity index (χ4v) is 3.36. The van der Waals surface area contributed by atoms with Crippen LogP contribution in [0, 0.1) is 11.3 Å². The van der Waals surface area contributed by atoms with Gasteiger partial charge < -0.3 is 15.5 Å². The maximum atomic E-state index is 9.70. The molecule has 7 heteroatoms. The molecular weight excluding hydrogens is 330 g/mol. The van der Waals surface area contributed by atoms with Gasteiger partial charge >= 0.3 is 0 Å². The van der Waals surface area contributed by atoms with Gasteiger partial charge in [-0.25, -0.2) is 9.50 Å². The molecule has 3 N–H and O–H groups in total. The van der Waals surface area contributed by atoms with E-state index in [2.05, 4.69) is 15.4 Å². The summed E-state index contributed by atoms with van der Waals surface area (Å²) in [4.78, 5) is 4.37. The van der Waals surface area contributed by atoms with Crippen molar-refractivity contribution in [2.24, 2.45) is 0 Å². The second kappa shape index (κ2) is 6.65. The summed E-state index contributed by atoms with van der Waals surface area (Å²) in [6.45, 7) is 0. The zero-order valence-electron chi connectivity index (χ0n) is 14.1. The predicted molar refractivity (Wildman–Crippen MR) is 96.7 cm³/mol. The monoisotopic (exact) mass is 349 g/mol. The lowest BCUT2D eigenvalue weighted by molar-refractivity contribution is 0.126. The van der Waals surface area contributed by atoms with E-state index in [1.165, 1.54) is 6.07 Å². The maximum Gasteiger partial charge on any atom is 0.154 e. The van der Waals surface area contributed by atoms with Gasteiger partial charge in [-0.2, -0.15) is 5.26 Å². The molecule has 1 aliphatic rings. The van der Waals surface area contributed by atoms with Gasteiger partial charge in [0.2, 0.25) is 0 Å². The molecule has 1 aromatic carbocycles. The number of fused-ring (bicyclic) bond motifs is 1. The van der Waals surface area contributed by atoms with E-state index in [9.17, 15) is 10.2 Å². The number of imidazole rings is 1. The molecule has 0 bridgehead atoms. The molecule has 0 atom stereocenters. The van der Waals surface area contributed by atoms with Gasteiger partial charge in [0.25, 0.3) is 0 Å². The van der Waals surface area contributed by atoms with Crippen molar-refractivity contribution in [3.05, 3.63) is 42.1 Å². The van der Waals surface area contributed by atoms with E-state index in [1.807, 2.05) is 18.2 Å². The number of nitrogens with one attached hydrogen (secondary N) is 1. The number of phenols is 1. The molecule has 1 fully saturated rings. The lowest BCUT2D eigenvalue weighted by atomic mass is 9.93. The number of hydrogen-bond donors (Lipinski definition) is 3. The fourth-order valence-electron chi connectivity index (χ4n) is 3.36. The number of nitrogens with zero attached hydrogens (tertiary/aromatic N) is 4. The van der Waals surface area contributed by atoms with Gasteiger partial charge in [0, 0.05) is 11.6 Å². The lowest BCUT2D eigenvalue weighted by Gasteiger charge is -2.26. The first kappa shape index (κ1) is 16.4. The van der Waals surface area contributed by atoms with Crippen molar-refractivity contribution in [1.82, 2.24) is 14.6 Å². The molecule has 1 saturated carbocycles. The van der Waals surface area contributed by atoms with Crippen molar-refractivity contribution >= 4 is 11.5 Å². The number of benzene rings is 1. The molecule has 4 rings (SSSR count). The summed E-state index contributed by atoms with van der Waals surface area (Å²) in [6.07, 6.45) is 4.97. The summed E-state index contributed by atoms with van der Waals surface area (Å²) in [5.74, 6) is 0.706. The van der Waals surface area contributed by atoms with E-state index in [4.69, 9.17) is 5.26 Å². The van der Waals surface area contributed by atoms with Gasteiger partial charge in [0.1, 0.15) is 17.6 Å². The zero-order valence-corrected chi connectivity index (χ0v) is 14.1. The van der Waals surface area contributed by atoms with Crippen LogP contribution < -0.4 is 5.32 Å². The summed E-state index contributed by atoms with van der Waals surface area (Å²) in [5.41, 5.74) is 2.43. The van der Waals surface area contributed by atoms with Crippen LogP contribution in [-0.4, -0.2) is 37.0 Å². The van der Waals surface area contributed by atoms with E-state index in [-0.39, 0.29) is 17.4 Å². The number of anilines is 1. The molecule has 132 valence electrons. The van der Waals surface area contributed by atoms with Gasteiger partial charge in [-0.1, -0.05) is 0 Å². The molecular formula is C19H19N5O2. The predicted octanol–water partition coefficient (Wildman–Crippen LogP) is 2.69. The Morgan fingerprint density at radius 2 is 1.96 bits per heavy atom. The molecule has 0 unspecified atom stereocenters. The van der Waals surface area contributed by atoms with E-state index < -0.39 is 0 Å². The van der Waals surface area contributed by atoms with E-state index in [0.717, 1.165) is 42.8 Å². The number of phenolic OH excluding ortho intramolecular Hbond substituents is 1. The molecule has 0 aliphatic heterocycles. The topological polar surface area (TPSA) is 106 Å². The van der Waals surface area contributed by atoms with Crippen LogP contribution in [0.3, 0.4) is 0 Å². The molecule has 0 spiro atoms. The van der Waals surface area contributed by atoms with Gasteiger partial charge in [0.05, 0.1) is 23.6 Å². The molecule has 7 nitrogen and oxygen atoms in total. The molecule has 1 aliphatic carbocycles. The van der Waals surface area contributed by atoms with Crippen molar-refractivity contribution in [2.45, 2.75) is 37.8 Å². The summed E-state index contributed by atoms with van der Waals surface area (Å²) in [5, 5.41) is 36.5. The maximum absolute atomic E-state index is 9.70. The number of aliphatic hydroxyl groups excluding tert-OH is 1. The second-order valence-corrected chi connectivity index (χ2v) is 6.63. The average Bonchev–Trinajstić information content (AvgIpc) is 3.07. The quantitative estimate of drug-likeness (QED) is 0.671. The van der Waals surface area contributed by atoms with E-state index in [1.54, 1.807) is 22.8 Å². The SMILES string of the molecule is N#Cc1cc(-c2cnc3ccc(N[C@H]4CC[C@H](O)CC4)nn23)ccc1O. The Hall–Kier alpha value is -3.11. The number of aromatic nitrogens is 3. The van der Waals surface area contributed by atoms with Crippen LogP contribution in [-0.2, 0) is 0 Å². The molecule has 26 heavy (non-hydrogen) atoms. The van der Waals surface area contributed by atoms with Crippen LogP contribution in [0.25, 0.3) is 16.9 Å². The van der Waals surface area contributed by atoms with Gasteiger partial charge in [-0.3, -0.25) is 0 Å². The molecule has 2 aromatic heterocycles. The van der Waals surface area contributed by atoms with E-state index >= 15 is 0 Å². The molecule has 0 saturated heterocycles. The highest BCUT2D eigenvalue weighted by Gasteiger charge is 2.19. The molecule has 2 heterocycles. The third kappa shape index (κ3) is 3.07. The summed E-state index contributed by atoms with van der Waals surface area (Å²) < 4.78 is 1.73. The number of aliphatic hydroxyl groups is 1. The number of hydrogen-bond acceptors (Lipinski definition) is 6. The third-order valence-electron chi connectivity index (χ3n) is 4.82. The normalized spacial score (nSPS) is 20.0. The zero-order chi connectivity index (χ0) is 18.1. The van der Waals surface area contributed by atoms with Crippen molar-refractivity contribution in [3.63, 3.8) is 0 Å². The van der Waals surface area contributed by atoms with Crippen LogP contribution in [0.15, 0.2) is 36.5 Å². The van der Waals surface area contributed by atoms with Crippen molar-refractivity contribution in [1.29, 1.82) is 5.26 Å². The highest BCUT2D eigenvalue weighted by molar-refractivity contribution is 5.67. The van der Waals surface area contributed by atoms with Crippen LogP contribution in [0.1, 0.15) is 31.2 Å². The Kier molecular flexibility index (Phi) is 4.19. The third-order valence-corrected chi connectivity index (χ3v) is 4.82. The Labute approximate surface area is 150 Å². The lowest BCUT2D eigenvalue weighted by Crippen LogP contribution is -2.28. The van der Waals surface area contributed by atoms with Crippen molar-refractivity contribution < 1.29 is 10.2 Å². The standard InChI is InChI=1S/C19H19N5O2/c20-10-13-9-12(1-6-17(13)26)16-11-21-19-8-7-18(23-24(16)19)22-14-2-4-15(25)5-3-14/h1,6-9,11,14-15,25-26H,2-5H2,(H,22,23)/t14-,15-. The molecule has 3 aromatic rings. The first-order valence-corrected chi connectivity index (χ1v) is 8.67. The highest BCUT2D eigenvalue weighted by atomic mass is 16.3. The smallest absolute Gasteiger partial charge is 0.154 e. The molecule has 0 radical (unpaired) electrons. The summed E-state index contributed by atoms with van der Waals surface area (Å²) in [6, 6.07) is 10.9. The van der Waals surface area contributed by atoms with Gasteiger partial charge in [-0.05, 0) is 56.0 Å². The Bertz CT molecular complexity index is 983. The average molecular weight is 349 g/mol. The molecule has 0 amide bonds. The number of rotatable bonds is 3. The first-order valence-electron chi connectivity index (χ1n) is 8.67. The highest BCUT2D eigenvalue weighted by Crippen LogP contribution is 2.27. The van der Waals surface area contributed by atoms with Gasteiger partial charge in [0.15, 0.2) is 5.65 Å². The van der Waals surface area contributed by atoms with E-state index in [0.29, 0.717) is 11.7 Å². The minimum Gasteiger partial charge on any atom is -0.507 e. The number of nitriles is 1. The van der Waals surface area contributed by atoms with Gasteiger partial charge in [-0.15, -0.1) is 5.10 Å². The first-order chi connectivity index (χ1) is 12.6. The Morgan fingerprint density at radius 3 is 2.73 bits per heavy atom. The van der Waals surface area contributed by atoms with Crippen LogP contribution in [0.5, 0.6) is 5.75 Å². The minimum atomic E-state index is -0.187.